The Morgan fingerprint density at radius 3 is 2.53 bits per heavy atom. The maximum atomic E-state index is 13.0. The van der Waals surface area contributed by atoms with Crippen LogP contribution in [0.3, 0.4) is 0 Å². The molecule has 2 aromatic carbocycles. The van der Waals surface area contributed by atoms with Gasteiger partial charge in [-0.3, -0.25) is 4.79 Å². The molecule has 0 spiro atoms. The summed E-state index contributed by atoms with van der Waals surface area (Å²) in [5, 5.41) is 3.36. The van der Waals surface area contributed by atoms with Gasteiger partial charge in [-0.05, 0) is 73.4 Å². The highest BCUT2D eigenvalue weighted by Crippen LogP contribution is 2.26. The zero-order chi connectivity index (χ0) is 22.8. The zero-order valence-electron chi connectivity index (χ0n) is 18.8. The minimum Gasteiger partial charge on any atom is -0.491 e. The van der Waals surface area contributed by atoms with Crippen molar-refractivity contribution in [3.8, 4) is 5.75 Å². The summed E-state index contributed by atoms with van der Waals surface area (Å²) >= 11 is 0. The number of methoxy groups -OCH3 is 1. The molecule has 0 fully saturated rings. The number of carbonyl (C=O) groups is 2. The van der Waals surface area contributed by atoms with Gasteiger partial charge in [0.2, 0.25) is 0 Å². The molecule has 1 N–H and O–H groups in total. The highest BCUT2D eigenvalue weighted by molar-refractivity contribution is 6.09. The van der Waals surface area contributed by atoms with Crippen LogP contribution in [0.15, 0.2) is 48.0 Å². The van der Waals surface area contributed by atoms with E-state index < -0.39 is 0 Å². The summed E-state index contributed by atoms with van der Waals surface area (Å²) in [5.74, 6) is 0.284. The van der Waals surface area contributed by atoms with Crippen molar-refractivity contribution in [1.82, 2.24) is 0 Å². The fraction of sp³-hybridized carbons (Fsp3) is 0.385. The van der Waals surface area contributed by atoms with Crippen LogP contribution in [0.1, 0.15) is 54.1 Å². The highest BCUT2D eigenvalue weighted by atomic mass is 16.5. The first kappa shape index (κ1) is 23.5. The van der Waals surface area contributed by atoms with Crippen LogP contribution in [0.5, 0.6) is 5.75 Å². The van der Waals surface area contributed by atoms with Crippen LogP contribution in [0.25, 0.3) is 6.08 Å². The predicted octanol–water partition coefficient (Wildman–Crippen LogP) is 4.88. The van der Waals surface area contributed by atoms with Gasteiger partial charge in [-0.15, -0.1) is 0 Å². The van der Waals surface area contributed by atoms with Crippen LogP contribution in [-0.2, 0) is 14.3 Å². The van der Waals surface area contributed by atoms with Gasteiger partial charge in [0, 0.05) is 35.5 Å². The summed E-state index contributed by atoms with van der Waals surface area (Å²) in [7, 11) is 1.38. The van der Waals surface area contributed by atoms with E-state index in [0.717, 1.165) is 43.7 Å². The molecule has 0 atom stereocenters. The van der Waals surface area contributed by atoms with E-state index in [1.807, 2.05) is 18.2 Å². The lowest BCUT2D eigenvalue weighted by Crippen LogP contribution is -2.12. The third-order valence-corrected chi connectivity index (χ3v) is 5.28. The molecule has 32 heavy (non-hydrogen) atoms. The summed E-state index contributed by atoms with van der Waals surface area (Å²) in [5.41, 5.74) is 3.45. The minimum absolute atomic E-state index is 0.0858. The monoisotopic (exact) mass is 437 g/mol. The number of unbranched alkanes of at least 4 members (excludes halogenated alkanes) is 1. The van der Waals surface area contributed by atoms with Crippen LogP contribution in [0.2, 0.25) is 0 Å². The average Bonchev–Trinajstić information content (AvgIpc) is 2.81. The van der Waals surface area contributed by atoms with E-state index in [1.54, 1.807) is 30.3 Å². The maximum absolute atomic E-state index is 13.0. The van der Waals surface area contributed by atoms with Crippen LogP contribution in [-0.4, -0.2) is 45.2 Å². The van der Waals surface area contributed by atoms with Crippen molar-refractivity contribution in [3.63, 3.8) is 0 Å². The lowest BCUT2D eigenvalue weighted by Gasteiger charge is -2.16. The molecule has 0 radical (unpaired) electrons. The topological polar surface area (TPSA) is 73.9 Å². The molecule has 0 bridgehead atoms. The summed E-state index contributed by atoms with van der Waals surface area (Å²) in [6.07, 6.45) is 5.43. The van der Waals surface area contributed by atoms with Crippen LogP contribution in [0.4, 0.5) is 5.69 Å². The molecule has 0 unspecified atom stereocenters. The summed E-state index contributed by atoms with van der Waals surface area (Å²) in [6, 6.07) is 12.6. The maximum Gasteiger partial charge on any atom is 0.333 e. The lowest BCUT2D eigenvalue weighted by molar-refractivity contribution is -0.136. The normalized spacial score (nSPS) is 13.1. The Bertz CT molecular complexity index is 949. The molecular formula is C26H31NO5. The first-order chi connectivity index (χ1) is 15.6. The summed E-state index contributed by atoms with van der Waals surface area (Å²) in [4.78, 5) is 25.1. The smallest absolute Gasteiger partial charge is 0.333 e. The molecule has 6 heteroatoms. The van der Waals surface area contributed by atoms with Crippen LogP contribution >= 0.6 is 0 Å². The van der Waals surface area contributed by atoms with Gasteiger partial charge < -0.3 is 19.5 Å². The first-order valence-corrected chi connectivity index (χ1v) is 11.1. The van der Waals surface area contributed by atoms with Crippen molar-refractivity contribution in [3.05, 3.63) is 64.7 Å². The molecule has 2 aromatic rings. The second-order valence-corrected chi connectivity index (χ2v) is 7.66. The number of ether oxygens (including phenoxy) is 3. The molecule has 0 saturated carbocycles. The fourth-order valence-electron chi connectivity index (χ4n) is 3.47. The molecule has 170 valence electrons. The molecule has 0 amide bonds. The Hall–Kier alpha value is -3.12. The van der Waals surface area contributed by atoms with E-state index in [0.29, 0.717) is 42.1 Å². The van der Waals surface area contributed by atoms with Gasteiger partial charge in [0.05, 0.1) is 13.7 Å². The number of rotatable bonds is 10. The molecular weight excluding hydrogens is 406 g/mol. The van der Waals surface area contributed by atoms with Crippen molar-refractivity contribution in [2.75, 3.05) is 38.8 Å². The number of esters is 1. The number of ketones is 1. The Balaban J connectivity index is 1.69. The Kier molecular flexibility index (Phi) is 8.87. The van der Waals surface area contributed by atoms with Gasteiger partial charge in [-0.1, -0.05) is 13.3 Å². The minimum atomic E-state index is -0.332. The fourth-order valence-corrected chi connectivity index (χ4v) is 3.47. The number of fused-ring (bicyclic) bond motifs is 1. The van der Waals surface area contributed by atoms with Crippen molar-refractivity contribution in [2.45, 2.75) is 32.6 Å². The van der Waals surface area contributed by atoms with Gasteiger partial charge in [0.25, 0.3) is 0 Å². The largest absolute Gasteiger partial charge is 0.491 e. The number of hydrogen-bond acceptors (Lipinski definition) is 6. The molecule has 0 aliphatic carbocycles. The molecule has 6 nitrogen and oxygen atoms in total. The zero-order valence-corrected chi connectivity index (χ0v) is 18.8. The third-order valence-electron chi connectivity index (χ3n) is 5.28. The molecule has 1 aliphatic rings. The van der Waals surface area contributed by atoms with Gasteiger partial charge in [0.15, 0.2) is 5.78 Å². The molecule has 1 heterocycles. The summed E-state index contributed by atoms with van der Waals surface area (Å²) < 4.78 is 16.1. The number of benzene rings is 2. The Morgan fingerprint density at radius 1 is 1.00 bits per heavy atom. The van der Waals surface area contributed by atoms with E-state index >= 15 is 0 Å². The highest BCUT2D eigenvalue weighted by Gasteiger charge is 2.16. The van der Waals surface area contributed by atoms with Crippen molar-refractivity contribution in [2.24, 2.45) is 0 Å². The van der Waals surface area contributed by atoms with Gasteiger partial charge in [-0.2, -0.15) is 0 Å². The molecule has 0 aromatic heterocycles. The number of anilines is 1. The Labute approximate surface area is 189 Å². The van der Waals surface area contributed by atoms with Crippen LogP contribution in [0, 0.1) is 0 Å². The predicted molar refractivity (Wildman–Crippen MR) is 125 cm³/mol. The average molecular weight is 438 g/mol. The number of hydrogen-bond donors (Lipinski definition) is 1. The SMILES string of the molecule is CCCCOCCOc1ccc(C(=O)c2ccc3c(c2)C=C(C(=O)OC)CCCN3)cc1. The molecule has 1 aliphatic heterocycles. The third kappa shape index (κ3) is 6.44. The van der Waals surface area contributed by atoms with Crippen LogP contribution < -0.4 is 10.1 Å². The van der Waals surface area contributed by atoms with Crippen molar-refractivity contribution in [1.29, 1.82) is 0 Å². The lowest BCUT2D eigenvalue weighted by atomic mass is 9.97. The standard InChI is InChI=1S/C26H31NO5/c1-3-4-14-31-15-16-32-23-10-7-19(8-11-23)25(28)20-9-12-24-22(17-20)18-21(26(29)30-2)6-5-13-27-24/h7-12,17-18,27H,3-6,13-16H2,1-2H3. The van der Waals surface area contributed by atoms with Gasteiger partial charge in [0.1, 0.15) is 12.4 Å². The van der Waals surface area contributed by atoms with Crippen molar-refractivity contribution >= 4 is 23.5 Å². The first-order valence-electron chi connectivity index (χ1n) is 11.1. The quantitative estimate of drug-likeness (QED) is 0.325. The summed E-state index contributed by atoms with van der Waals surface area (Å²) in [6.45, 7) is 4.65. The molecule has 3 rings (SSSR count). The van der Waals surface area contributed by atoms with E-state index in [4.69, 9.17) is 14.2 Å². The van der Waals surface area contributed by atoms with E-state index in [9.17, 15) is 9.59 Å². The second-order valence-electron chi connectivity index (χ2n) is 7.66. The van der Waals surface area contributed by atoms with Gasteiger partial charge >= 0.3 is 5.97 Å². The van der Waals surface area contributed by atoms with Crippen molar-refractivity contribution < 1.29 is 23.8 Å². The number of carbonyl (C=O) groups excluding carboxylic acids is 2. The number of nitrogens with one attached hydrogen (secondary N) is 1. The van der Waals surface area contributed by atoms with Gasteiger partial charge in [-0.25, -0.2) is 4.79 Å². The van der Waals surface area contributed by atoms with E-state index in [1.165, 1.54) is 7.11 Å². The molecule has 0 saturated heterocycles. The van der Waals surface area contributed by atoms with E-state index in [2.05, 4.69) is 12.2 Å². The Morgan fingerprint density at radius 2 is 1.78 bits per heavy atom. The van der Waals surface area contributed by atoms with E-state index in [-0.39, 0.29) is 11.8 Å². The second kappa shape index (κ2) is 12.1.